The molecule has 4 aromatic heterocycles. The van der Waals surface area contributed by atoms with E-state index in [-0.39, 0.29) is 11.9 Å². The number of carbonyl (C=O) groups excluding carboxylic acids is 2. The van der Waals surface area contributed by atoms with Gasteiger partial charge >= 0.3 is 11.9 Å². The lowest BCUT2D eigenvalue weighted by molar-refractivity contribution is 0.0519. The zero-order valence-electron chi connectivity index (χ0n) is 22.0. The standard InChI is InChI=1S/C26H32O4S4Si2/c1-9-29-25(27)19-21(15-11-13-17(31-15)35(3,4)5)33-24-20(26(28)30-10-2)22(34-23(19)24)16-12-14-18(32-16)36(6,7)8/h11-14H,9-10H2,1-8H3. The van der Waals surface area contributed by atoms with Crippen molar-refractivity contribution >= 4 is 91.8 Å². The molecule has 0 saturated carbocycles. The maximum atomic E-state index is 13.3. The van der Waals surface area contributed by atoms with Crippen molar-refractivity contribution in [3.63, 3.8) is 0 Å². The highest BCUT2D eigenvalue weighted by Crippen LogP contribution is 2.50. The monoisotopic (exact) mass is 592 g/mol. The Balaban J connectivity index is 1.99. The number of thiophene rings is 4. The van der Waals surface area contributed by atoms with Gasteiger partial charge in [-0.3, -0.25) is 0 Å². The molecule has 0 aliphatic heterocycles. The summed E-state index contributed by atoms with van der Waals surface area (Å²) in [6.45, 7) is 18.2. The van der Waals surface area contributed by atoms with Crippen molar-refractivity contribution in [1.82, 2.24) is 0 Å². The van der Waals surface area contributed by atoms with Gasteiger partial charge in [0.25, 0.3) is 0 Å². The Morgan fingerprint density at radius 1 is 0.639 bits per heavy atom. The summed E-state index contributed by atoms with van der Waals surface area (Å²) >= 11 is 6.53. The van der Waals surface area contributed by atoms with Gasteiger partial charge in [-0.2, -0.15) is 0 Å². The van der Waals surface area contributed by atoms with E-state index in [4.69, 9.17) is 9.47 Å². The largest absolute Gasteiger partial charge is 0.462 e. The fourth-order valence-corrected chi connectivity index (χ4v) is 12.6. The highest BCUT2D eigenvalue weighted by atomic mass is 32.1. The molecule has 0 N–H and O–H groups in total. The van der Waals surface area contributed by atoms with Crippen LogP contribution in [0.25, 0.3) is 28.9 Å². The Hall–Kier alpha value is -1.57. The second kappa shape index (κ2) is 10.3. The highest BCUT2D eigenvalue weighted by Gasteiger charge is 2.32. The third-order valence-electron chi connectivity index (χ3n) is 5.62. The van der Waals surface area contributed by atoms with Crippen molar-refractivity contribution in [2.24, 2.45) is 0 Å². The van der Waals surface area contributed by atoms with E-state index in [0.29, 0.717) is 24.3 Å². The molecule has 0 aromatic carbocycles. The minimum Gasteiger partial charge on any atom is -0.462 e. The molecule has 0 bridgehead atoms. The Morgan fingerprint density at radius 3 is 1.28 bits per heavy atom. The second-order valence-corrected chi connectivity index (χ2v) is 25.6. The van der Waals surface area contributed by atoms with Crippen molar-refractivity contribution in [2.45, 2.75) is 53.1 Å². The first-order chi connectivity index (χ1) is 16.9. The van der Waals surface area contributed by atoms with Crippen LogP contribution < -0.4 is 9.00 Å². The van der Waals surface area contributed by atoms with Gasteiger partial charge in [0, 0.05) is 9.75 Å². The van der Waals surface area contributed by atoms with Gasteiger partial charge in [-0.15, -0.1) is 45.3 Å². The molecule has 4 nitrogen and oxygen atoms in total. The quantitative estimate of drug-likeness (QED) is 0.154. The molecule has 0 unspecified atom stereocenters. The van der Waals surface area contributed by atoms with Gasteiger partial charge in [0.1, 0.15) is 0 Å². The smallest absolute Gasteiger partial charge is 0.341 e. The van der Waals surface area contributed by atoms with Crippen LogP contribution in [0.4, 0.5) is 0 Å². The fraction of sp³-hybridized carbons (Fsp3) is 0.385. The predicted molar refractivity (Wildman–Crippen MR) is 164 cm³/mol. The summed E-state index contributed by atoms with van der Waals surface area (Å²) in [5.74, 6) is -0.669. The predicted octanol–water partition coefficient (Wildman–Crippen LogP) is 7.86. The number of ether oxygens (including phenoxy) is 2. The van der Waals surface area contributed by atoms with Gasteiger partial charge in [0.05, 0.1) is 59.6 Å². The molecule has 192 valence electrons. The van der Waals surface area contributed by atoms with E-state index in [2.05, 4.69) is 63.5 Å². The average Bonchev–Trinajstić information content (AvgIpc) is 3.53. The van der Waals surface area contributed by atoms with Crippen LogP contribution in [0.2, 0.25) is 39.3 Å². The maximum Gasteiger partial charge on any atom is 0.341 e. The van der Waals surface area contributed by atoms with Crippen LogP contribution in [-0.4, -0.2) is 41.3 Å². The van der Waals surface area contributed by atoms with E-state index >= 15 is 0 Å². The summed E-state index contributed by atoms with van der Waals surface area (Å²) in [4.78, 5) is 30.5. The summed E-state index contributed by atoms with van der Waals surface area (Å²) in [7, 11) is -2.99. The van der Waals surface area contributed by atoms with Gasteiger partial charge in [0.2, 0.25) is 0 Å². The van der Waals surface area contributed by atoms with E-state index in [1.54, 1.807) is 22.7 Å². The van der Waals surface area contributed by atoms with Crippen LogP contribution in [0.5, 0.6) is 0 Å². The van der Waals surface area contributed by atoms with Crippen molar-refractivity contribution < 1.29 is 19.1 Å². The van der Waals surface area contributed by atoms with Crippen LogP contribution >= 0.6 is 45.3 Å². The molecule has 0 atom stereocenters. The molecule has 0 fully saturated rings. The van der Waals surface area contributed by atoms with Gasteiger partial charge < -0.3 is 9.47 Å². The number of fused-ring (bicyclic) bond motifs is 1. The van der Waals surface area contributed by atoms with E-state index in [1.165, 1.54) is 31.7 Å². The molecule has 4 rings (SSSR count). The number of carbonyl (C=O) groups is 2. The van der Waals surface area contributed by atoms with Crippen molar-refractivity contribution in [3.8, 4) is 19.5 Å². The summed E-state index contributed by atoms with van der Waals surface area (Å²) in [5.41, 5.74) is 1.15. The SMILES string of the molecule is CCOC(=O)c1c(-c2ccc([Si](C)(C)C)s2)sc2c(C(=O)OCC)c(-c3ccc([Si](C)(C)C)s3)sc12. The average molecular weight is 593 g/mol. The minimum absolute atomic E-state index is 0.299. The number of esters is 2. The maximum absolute atomic E-state index is 13.3. The van der Waals surface area contributed by atoms with E-state index in [9.17, 15) is 9.59 Å². The van der Waals surface area contributed by atoms with Crippen molar-refractivity contribution in [2.75, 3.05) is 13.2 Å². The van der Waals surface area contributed by atoms with E-state index in [1.807, 2.05) is 13.8 Å². The summed E-state index contributed by atoms with van der Waals surface area (Å²) < 4.78 is 15.4. The van der Waals surface area contributed by atoms with Crippen LogP contribution in [0.15, 0.2) is 24.3 Å². The fourth-order valence-electron chi connectivity index (χ4n) is 3.78. The van der Waals surface area contributed by atoms with Gasteiger partial charge in [-0.25, -0.2) is 9.59 Å². The van der Waals surface area contributed by atoms with Gasteiger partial charge in [0.15, 0.2) is 0 Å². The van der Waals surface area contributed by atoms with E-state index in [0.717, 1.165) is 28.9 Å². The molecular formula is C26H32O4S4Si2. The zero-order chi connectivity index (χ0) is 26.4. The normalized spacial score (nSPS) is 12.3. The molecular weight excluding hydrogens is 561 g/mol. The van der Waals surface area contributed by atoms with Gasteiger partial charge in [-0.05, 0) is 35.0 Å². The Kier molecular flexibility index (Phi) is 7.86. The number of rotatable bonds is 8. The summed E-state index contributed by atoms with van der Waals surface area (Å²) in [5, 5.41) is 0. The van der Waals surface area contributed by atoms with Crippen molar-refractivity contribution in [3.05, 3.63) is 35.4 Å². The molecule has 0 saturated heterocycles. The van der Waals surface area contributed by atoms with Crippen LogP contribution in [0.3, 0.4) is 0 Å². The third-order valence-corrected chi connectivity index (χ3v) is 17.9. The van der Waals surface area contributed by atoms with Crippen molar-refractivity contribution in [1.29, 1.82) is 0 Å². The molecule has 0 aliphatic carbocycles. The third kappa shape index (κ3) is 5.21. The highest BCUT2D eigenvalue weighted by molar-refractivity contribution is 7.37. The molecule has 0 amide bonds. The van der Waals surface area contributed by atoms with E-state index < -0.39 is 16.1 Å². The Bertz CT molecular complexity index is 1320. The molecule has 0 aliphatic rings. The topological polar surface area (TPSA) is 52.6 Å². The summed E-state index contributed by atoms with van der Waals surface area (Å²) in [6.07, 6.45) is 0. The Labute approximate surface area is 230 Å². The first-order valence-corrected chi connectivity index (χ1v) is 22.3. The van der Waals surface area contributed by atoms with Crippen LogP contribution in [0.1, 0.15) is 34.6 Å². The minimum atomic E-state index is -1.49. The molecule has 10 heteroatoms. The molecule has 4 heterocycles. The first kappa shape index (κ1) is 27.5. The first-order valence-electron chi connectivity index (χ1n) is 12.0. The van der Waals surface area contributed by atoms with Crippen LogP contribution in [0, 0.1) is 0 Å². The second-order valence-electron chi connectivity index (χ2n) is 10.5. The molecule has 0 radical (unpaired) electrons. The molecule has 0 spiro atoms. The zero-order valence-corrected chi connectivity index (χ0v) is 27.3. The molecule has 4 aromatic rings. The lowest BCUT2D eigenvalue weighted by atomic mass is 10.2. The van der Waals surface area contributed by atoms with Gasteiger partial charge in [-0.1, -0.05) is 51.4 Å². The lowest BCUT2D eigenvalue weighted by Gasteiger charge is -2.12. The number of hydrogen-bond donors (Lipinski definition) is 0. The lowest BCUT2D eigenvalue weighted by Crippen LogP contribution is -2.34. The number of hydrogen-bond acceptors (Lipinski definition) is 8. The summed E-state index contributed by atoms with van der Waals surface area (Å²) in [6, 6.07) is 8.61. The molecule has 36 heavy (non-hydrogen) atoms. The Morgan fingerprint density at radius 2 is 1.00 bits per heavy atom. The van der Waals surface area contributed by atoms with Crippen LogP contribution in [-0.2, 0) is 9.47 Å².